The van der Waals surface area contributed by atoms with Gasteiger partial charge in [-0.1, -0.05) is 18.2 Å². The third kappa shape index (κ3) is 3.59. The van der Waals surface area contributed by atoms with Crippen molar-refractivity contribution in [3.05, 3.63) is 34.9 Å². The predicted molar refractivity (Wildman–Crippen MR) is 64.9 cm³/mol. The zero-order chi connectivity index (χ0) is 13.0. The molecule has 17 heavy (non-hydrogen) atoms. The number of aryl methyl sites for hydroxylation is 2. The first-order valence-corrected chi connectivity index (χ1v) is 5.47. The summed E-state index contributed by atoms with van der Waals surface area (Å²) in [5, 5.41) is 11.5. The van der Waals surface area contributed by atoms with Gasteiger partial charge in [-0.05, 0) is 30.5 Å². The van der Waals surface area contributed by atoms with Gasteiger partial charge in [0.05, 0.1) is 0 Å². The standard InChI is InChI=1S/C13H17NO3/c1-8-5-4-6-9(2)11(8)7-12(13(16)17)14-10(3)15/h4-6,12H,7H2,1-3H3,(H,14,15)(H,16,17)/t12-/m0/s1. The van der Waals surface area contributed by atoms with Crippen LogP contribution in [0.4, 0.5) is 0 Å². The van der Waals surface area contributed by atoms with Crippen molar-refractivity contribution in [3.63, 3.8) is 0 Å². The van der Waals surface area contributed by atoms with Crippen LogP contribution in [-0.4, -0.2) is 23.0 Å². The Bertz CT molecular complexity index is 420. The molecule has 1 amide bonds. The first-order valence-electron chi connectivity index (χ1n) is 5.47. The zero-order valence-corrected chi connectivity index (χ0v) is 10.3. The molecule has 0 aliphatic heterocycles. The third-order valence-electron chi connectivity index (χ3n) is 2.73. The van der Waals surface area contributed by atoms with Crippen LogP contribution in [0.15, 0.2) is 18.2 Å². The second kappa shape index (κ2) is 5.48. The number of carbonyl (C=O) groups excluding carboxylic acids is 1. The molecule has 0 aliphatic carbocycles. The quantitative estimate of drug-likeness (QED) is 0.829. The summed E-state index contributed by atoms with van der Waals surface area (Å²) in [6, 6.07) is 4.94. The number of aliphatic carboxylic acids is 1. The minimum absolute atomic E-state index is 0.313. The Kier molecular flexibility index (Phi) is 4.26. The largest absolute Gasteiger partial charge is 0.480 e. The number of nitrogens with one attached hydrogen (secondary N) is 1. The first-order chi connectivity index (χ1) is 7.91. The molecule has 0 fully saturated rings. The molecule has 0 radical (unpaired) electrons. The van der Waals surface area contributed by atoms with Crippen molar-refractivity contribution < 1.29 is 14.7 Å². The van der Waals surface area contributed by atoms with Crippen LogP contribution in [0, 0.1) is 13.8 Å². The van der Waals surface area contributed by atoms with Gasteiger partial charge in [0.25, 0.3) is 0 Å². The topological polar surface area (TPSA) is 66.4 Å². The molecule has 1 atom stereocenters. The molecule has 1 aromatic rings. The molecule has 0 spiro atoms. The first kappa shape index (κ1) is 13.2. The molecule has 0 unspecified atom stereocenters. The summed E-state index contributed by atoms with van der Waals surface area (Å²) < 4.78 is 0. The highest BCUT2D eigenvalue weighted by molar-refractivity contribution is 5.82. The van der Waals surface area contributed by atoms with E-state index in [1.165, 1.54) is 6.92 Å². The number of hydrogen-bond acceptors (Lipinski definition) is 2. The Morgan fingerprint density at radius 1 is 1.29 bits per heavy atom. The normalized spacial score (nSPS) is 11.9. The minimum atomic E-state index is -1.01. The highest BCUT2D eigenvalue weighted by Crippen LogP contribution is 2.15. The predicted octanol–water partition coefficient (Wildman–Crippen LogP) is 1.44. The number of benzene rings is 1. The lowest BCUT2D eigenvalue weighted by Crippen LogP contribution is -2.41. The maximum Gasteiger partial charge on any atom is 0.326 e. The zero-order valence-electron chi connectivity index (χ0n) is 10.3. The number of carboxylic acid groups (broad SMARTS) is 1. The smallest absolute Gasteiger partial charge is 0.326 e. The molecule has 92 valence electrons. The summed E-state index contributed by atoms with van der Waals surface area (Å²) in [6.07, 6.45) is 0.313. The van der Waals surface area contributed by atoms with E-state index in [-0.39, 0.29) is 5.91 Å². The van der Waals surface area contributed by atoms with E-state index in [1.54, 1.807) is 0 Å². The highest BCUT2D eigenvalue weighted by Gasteiger charge is 2.20. The van der Waals surface area contributed by atoms with Gasteiger partial charge < -0.3 is 10.4 Å². The Morgan fingerprint density at radius 3 is 2.24 bits per heavy atom. The molecule has 0 aliphatic rings. The average molecular weight is 235 g/mol. The van der Waals surface area contributed by atoms with Crippen LogP contribution >= 0.6 is 0 Å². The highest BCUT2D eigenvalue weighted by atomic mass is 16.4. The Balaban J connectivity index is 2.93. The molecular weight excluding hydrogens is 218 g/mol. The molecule has 0 heterocycles. The molecule has 1 aromatic carbocycles. The van der Waals surface area contributed by atoms with Gasteiger partial charge in [-0.3, -0.25) is 4.79 Å². The van der Waals surface area contributed by atoms with Crippen molar-refractivity contribution in [3.8, 4) is 0 Å². The van der Waals surface area contributed by atoms with Crippen molar-refractivity contribution in [2.24, 2.45) is 0 Å². The van der Waals surface area contributed by atoms with Crippen LogP contribution in [0.3, 0.4) is 0 Å². The summed E-state index contributed by atoms with van der Waals surface area (Å²) in [5.74, 6) is -1.34. The van der Waals surface area contributed by atoms with Gasteiger partial charge in [-0.2, -0.15) is 0 Å². The molecule has 4 heteroatoms. The van der Waals surface area contributed by atoms with Gasteiger partial charge in [0.2, 0.25) is 5.91 Å². The number of carbonyl (C=O) groups is 2. The van der Waals surface area contributed by atoms with E-state index in [2.05, 4.69) is 5.32 Å². The van der Waals surface area contributed by atoms with E-state index in [0.29, 0.717) is 6.42 Å². The van der Waals surface area contributed by atoms with Crippen LogP contribution in [0.2, 0.25) is 0 Å². The number of hydrogen-bond donors (Lipinski definition) is 2. The van der Waals surface area contributed by atoms with Crippen LogP contribution in [0.1, 0.15) is 23.6 Å². The summed E-state index contributed by atoms with van der Waals surface area (Å²) in [6.45, 7) is 5.20. The van der Waals surface area contributed by atoms with E-state index < -0.39 is 12.0 Å². The van der Waals surface area contributed by atoms with E-state index in [4.69, 9.17) is 5.11 Å². The van der Waals surface area contributed by atoms with Gasteiger partial charge in [0.1, 0.15) is 6.04 Å². The Hall–Kier alpha value is -1.84. The van der Waals surface area contributed by atoms with Gasteiger partial charge in [0.15, 0.2) is 0 Å². The lowest BCUT2D eigenvalue weighted by molar-refractivity contribution is -0.141. The van der Waals surface area contributed by atoms with Gasteiger partial charge >= 0.3 is 5.97 Å². The van der Waals surface area contributed by atoms with Crippen molar-refractivity contribution in [2.75, 3.05) is 0 Å². The van der Waals surface area contributed by atoms with Crippen LogP contribution in [0.5, 0.6) is 0 Å². The van der Waals surface area contributed by atoms with Crippen molar-refractivity contribution in [1.82, 2.24) is 5.32 Å². The number of amides is 1. The van der Waals surface area contributed by atoms with Crippen molar-refractivity contribution in [2.45, 2.75) is 33.2 Å². The number of rotatable bonds is 4. The van der Waals surface area contributed by atoms with Crippen molar-refractivity contribution >= 4 is 11.9 Å². The summed E-state index contributed by atoms with van der Waals surface area (Å²) in [5.41, 5.74) is 3.07. The van der Waals surface area contributed by atoms with Crippen LogP contribution in [0.25, 0.3) is 0 Å². The van der Waals surface area contributed by atoms with Gasteiger partial charge in [-0.25, -0.2) is 4.79 Å². The molecule has 0 bridgehead atoms. The van der Waals surface area contributed by atoms with Gasteiger partial charge in [-0.15, -0.1) is 0 Å². The lowest BCUT2D eigenvalue weighted by Gasteiger charge is -2.16. The van der Waals surface area contributed by atoms with E-state index in [1.807, 2.05) is 32.0 Å². The van der Waals surface area contributed by atoms with Crippen LogP contribution < -0.4 is 5.32 Å². The fourth-order valence-electron chi connectivity index (χ4n) is 1.82. The fourth-order valence-corrected chi connectivity index (χ4v) is 1.82. The number of carboxylic acids is 1. The second-order valence-corrected chi connectivity index (χ2v) is 4.17. The summed E-state index contributed by atoms with van der Waals surface area (Å²) >= 11 is 0. The molecule has 4 nitrogen and oxygen atoms in total. The molecule has 2 N–H and O–H groups in total. The minimum Gasteiger partial charge on any atom is -0.480 e. The Morgan fingerprint density at radius 2 is 1.82 bits per heavy atom. The summed E-state index contributed by atoms with van der Waals surface area (Å²) in [4.78, 5) is 22.0. The monoisotopic (exact) mass is 235 g/mol. The van der Waals surface area contributed by atoms with E-state index >= 15 is 0 Å². The molecular formula is C13H17NO3. The molecule has 0 saturated carbocycles. The molecule has 0 aromatic heterocycles. The molecule has 0 saturated heterocycles. The lowest BCUT2D eigenvalue weighted by atomic mass is 9.96. The fraction of sp³-hybridized carbons (Fsp3) is 0.385. The SMILES string of the molecule is CC(=O)N[C@@H](Cc1c(C)cccc1C)C(=O)O. The molecule has 1 rings (SSSR count). The third-order valence-corrected chi connectivity index (χ3v) is 2.73. The van der Waals surface area contributed by atoms with Gasteiger partial charge in [0, 0.05) is 13.3 Å². The Labute approximate surface area is 101 Å². The maximum atomic E-state index is 11.0. The second-order valence-electron chi connectivity index (χ2n) is 4.17. The van der Waals surface area contributed by atoms with Crippen LogP contribution in [-0.2, 0) is 16.0 Å². The van der Waals surface area contributed by atoms with Crippen molar-refractivity contribution in [1.29, 1.82) is 0 Å². The summed E-state index contributed by atoms with van der Waals surface area (Å²) in [7, 11) is 0. The maximum absolute atomic E-state index is 11.0. The van der Waals surface area contributed by atoms with E-state index in [9.17, 15) is 9.59 Å². The van der Waals surface area contributed by atoms with E-state index in [0.717, 1.165) is 16.7 Å². The average Bonchev–Trinajstić information content (AvgIpc) is 2.21.